The summed E-state index contributed by atoms with van der Waals surface area (Å²) in [6, 6.07) is 5.43. The lowest BCUT2D eigenvalue weighted by molar-refractivity contribution is -0.123. The molecule has 1 rings (SSSR count). The van der Waals surface area contributed by atoms with E-state index in [0.717, 1.165) is 18.4 Å². The Hall–Kier alpha value is -1.26. The van der Waals surface area contributed by atoms with E-state index in [9.17, 15) is 4.79 Å². The number of halogens is 1. The summed E-state index contributed by atoms with van der Waals surface area (Å²) in [7, 11) is 0. The Labute approximate surface area is 125 Å². The molecule has 0 saturated carbocycles. The lowest BCUT2D eigenvalue weighted by Crippen LogP contribution is -2.35. The van der Waals surface area contributed by atoms with Crippen LogP contribution in [0.25, 0.3) is 0 Å². The summed E-state index contributed by atoms with van der Waals surface area (Å²) in [5.74, 6) is 0.354. The van der Waals surface area contributed by atoms with Gasteiger partial charge in [0.15, 0.2) is 6.61 Å². The molecule has 3 N–H and O–H groups in total. The van der Waals surface area contributed by atoms with Gasteiger partial charge in [0.05, 0.1) is 5.02 Å². The van der Waals surface area contributed by atoms with Gasteiger partial charge < -0.3 is 15.8 Å². The van der Waals surface area contributed by atoms with Crippen LogP contribution in [0.2, 0.25) is 5.02 Å². The molecular formula is C15H23ClN2O2. The number of amides is 1. The number of hydrogen-bond donors (Lipinski definition) is 2. The van der Waals surface area contributed by atoms with E-state index in [1.165, 1.54) is 0 Å². The zero-order valence-electron chi connectivity index (χ0n) is 12.3. The first kappa shape index (κ1) is 16.8. The van der Waals surface area contributed by atoms with Crippen LogP contribution >= 0.6 is 11.6 Å². The fourth-order valence-corrected chi connectivity index (χ4v) is 2.13. The minimum Gasteiger partial charge on any atom is -0.482 e. The first-order chi connectivity index (χ1) is 9.43. The number of benzene rings is 1. The smallest absolute Gasteiger partial charge is 0.258 e. The van der Waals surface area contributed by atoms with E-state index in [2.05, 4.69) is 12.2 Å². The molecule has 1 aromatic carbocycles. The van der Waals surface area contributed by atoms with Gasteiger partial charge >= 0.3 is 0 Å². The van der Waals surface area contributed by atoms with Crippen molar-refractivity contribution in [1.29, 1.82) is 0 Å². The average molecular weight is 299 g/mol. The minimum atomic E-state index is -0.140. The number of nitrogens with one attached hydrogen (secondary N) is 1. The quantitative estimate of drug-likeness (QED) is 0.813. The first-order valence-corrected chi connectivity index (χ1v) is 7.29. The Morgan fingerprint density at radius 3 is 2.70 bits per heavy atom. The highest BCUT2D eigenvalue weighted by Crippen LogP contribution is 2.27. The van der Waals surface area contributed by atoms with Crippen molar-refractivity contribution >= 4 is 17.5 Å². The monoisotopic (exact) mass is 298 g/mol. The molecule has 0 aliphatic rings. The molecule has 0 radical (unpaired) electrons. The Morgan fingerprint density at radius 2 is 2.15 bits per heavy atom. The fraction of sp³-hybridized carbons (Fsp3) is 0.533. The van der Waals surface area contributed by atoms with E-state index in [1.54, 1.807) is 12.1 Å². The molecule has 2 atom stereocenters. The van der Waals surface area contributed by atoms with Gasteiger partial charge in [-0.2, -0.15) is 0 Å². The molecule has 1 aromatic rings. The highest BCUT2D eigenvalue weighted by atomic mass is 35.5. The molecule has 112 valence electrons. The number of ether oxygens (including phenoxy) is 1. The van der Waals surface area contributed by atoms with Crippen LogP contribution in [0.4, 0.5) is 0 Å². The number of nitrogens with two attached hydrogens (primary N) is 1. The molecule has 1 amide bonds. The Kier molecular flexibility index (Phi) is 6.82. The molecule has 0 saturated heterocycles. The Morgan fingerprint density at radius 1 is 1.45 bits per heavy atom. The highest BCUT2D eigenvalue weighted by molar-refractivity contribution is 6.32. The number of hydrogen-bond acceptors (Lipinski definition) is 3. The summed E-state index contributed by atoms with van der Waals surface area (Å²) in [4.78, 5) is 11.7. The third kappa shape index (κ3) is 5.39. The van der Waals surface area contributed by atoms with Crippen LogP contribution in [0.5, 0.6) is 5.75 Å². The maximum atomic E-state index is 11.7. The third-order valence-electron chi connectivity index (χ3n) is 2.97. The Balaban J connectivity index is 2.51. The van der Waals surface area contributed by atoms with Gasteiger partial charge in [-0.25, -0.2) is 0 Å². The molecule has 0 spiro atoms. The number of carbonyl (C=O) groups is 1. The van der Waals surface area contributed by atoms with Crippen molar-refractivity contribution < 1.29 is 9.53 Å². The summed E-state index contributed by atoms with van der Waals surface area (Å²) in [5.41, 5.74) is 6.71. The SMILES string of the molecule is CCCC(C)NC(=O)COc1ccc(C(C)N)cc1Cl. The van der Waals surface area contributed by atoms with Crippen LogP contribution in [-0.4, -0.2) is 18.6 Å². The molecule has 0 aliphatic carbocycles. The predicted octanol–water partition coefficient (Wildman–Crippen LogP) is 3.04. The summed E-state index contributed by atoms with van der Waals surface area (Å²) in [6.45, 7) is 5.91. The Bertz CT molecular complexity index is 449. The average Bonchev–Trinajstić information content (AvgIpc) is 2.37. The fourth-order valence-electron chi connectivity index (χ4n) is 1.88. The van der Waals surface area contributed by atoms with Crippen LogP contribution in [0.15, 0.2) is 18.2 Å². The van der Waals surface area contributed by atoms with Gasteiger partial charge in [-0.3, -0.25) is 4.79 Å². The largest absolute Gasteiger partial charge is 0.482 e. The normalized spacial score (nSPS) is 13.7. The first-order valence-electron chi connectivity index (χ1n) is 6.91. The molecule has 2 unspecified atom stereocenters. The molecular weight excluding hydrogens is 276 g/mol. The van der Waals surface area contributed by atoms with Crippen molar-refractivity contribution in [3.05, 3.63) is 28.8 Å². The van der Waals surface area contributed by atoms with Gasteiger partial charge in [0.25, 0.3) is 5.91 Å². The van der Waals surface area contributed by atoms with Gasteiger partial charge in [-0.15, -0.1) is 0 Å². The van der Waals surface area contributed by atoms with Crippen molar-refractivity contribution in [3.8, 4) is 5.75 Å². The van der Waals surface area contributed by atoms with Crippen molar-refractivity contribution in [1.82, 2.24) is 5.32 Å². The zero-order valence-corrected chi connectivity index (χ0v) is 13.0. The van der Waals surface area contributed by atoms with Gasteiger partial charge in [0, 0.05) is 12.1 Å². The van der Waals surface area contributed by atoms with Crippen molar-refractivity contribution in [2.75, 3.05) is 6.61 Å². The van der Waals surface area contributed by atoms with E-state index in [4.69, 9.17) is 22.1 Å². The molecule has 4 nitrogen and oxygen atoms in total. The van der Waals surface area contributed by atoms with E-state index in [0.29, 0.717) is 10.8 Å². The summed E-state index contributed by atoms with van der Waals surface area (Å²) in [6.07, 6.45) is 1.99. The standard InChI is InChI=1S/C15H23ClN2O2/c1-4-5-10(2)18-15(19)9-20-14-7-6-12(11(3)17)8-13(14)16/h6-8,10-11H,4-5,9,17H2,1-3H3,(H,18,19). The number of carbonyl (C=O) groups excluding carboxylic acids is 1. The minimum absolute atomic E-state index is 0.0364. The van der Waals surface area contributed by atoms with Crippen molar-refractivity contribution in [3.63, 3.8) is 0 Å². The van der Waals surface area contributed by atoms with Gasteiger partial charge in [0.1, 0.15) is 5.75 Å². The summed E-state index contributed by atoms with van der Waals surface area (Å²) < 4.78 is 5.43. The molecule has 0 bridgehead atoms. The summed E-state index contributed by atoms with van der Waals surface area (Å²) >= 11 is 6.10. The molecule has 5 heteroatoms. The van der Waals surface area contributed by atoms with Gasteiger partial charge in [0.2, 0.25) is 0 Å². The van der Waals surface area contributed by atoms with Gasteiger partial charge in [-0.1, -0.05) is 31.0 Å². The lowest BCUT2D eigenvalue weighted by Gasteiger charge is -2.14. The molecule has 20 heavy (non-hydrogen) atoms. The highest BCUT2D eigenvalue weighted by Gasteiger charge is 2.10. The van der Waals surface area contributed by atoms with Crippen LogP contribution in [0.1, 0.15) is 45.2 Å². The number of rotatable bonds is 7. The predicted molar refractivity (Wildman–Crippen MR) is 82.1 cm³/mol. The molecule has 0 fully saturated rings. The van der Waals surface area contributed by atoms with E-state index in [1.807, 2.05) is 19.9 Å². The maximum Gasteiger partial charge on any atom is 0.258 e. The van der Waals surface area contributed by atoms with Crippen molar-refractivity contribution in [2.45, 2.75) is 45.7 Å². The van der Waals surface area contributed by atoms with E-state index < -0.39 is 0 Å². The third-order valence-corrected chi connectivity index (χ3v) is 3.26. The zero-order chi connectivity index (χ0) is 15.1. The molecule has 0 aliphatic heterocycles. The molecule has 0 aromatic heterocycles. The topological polar surface area (TPSA) is 64.3 Å². The second kappa shape index (κ2) is 8.12. The summed E-state index contributed by atoms with van der Waals surface area (Å²) in [5, 5.41) is 3.34. The van der Waals surface area contributed by atoms with E-state index in [-0.39, 0.29) is 24.6 Å². The second-order valence-corrected chi connectivity index (χ2v) is 5.43. The van der Waals surface area contributed by atoms with Gasteiger partial charge in [-0.05, 0) is 38.0 Å². The van der Waals surface area contributed by atoms with Crippen LogP contribution in [0, 0.1) is 0 Å². The van der Waals surface area contributed by atoms with Crippen molar-refractivity contribution in [2.24, 2.45) is 5.73 Å². The maximum absolute atomic E-state index is 11.7. The van der Waals surface area contributed by atoms with Crippen LogP contribution in [0.3, 0.4) is 0 Å². The van der Waals surface area contributed by atoms with Crippen LogP contribution in [-0.2, 0) is 4.79 Å². The molecule has 0 heterocycles. The second-order valence-electron chi connectivity index (χ2n) is 5.02. The lowest BCUT2D eigenvalue weighted by atomic mass is 10.1. The van der Waals surface area contributed by atoms with E-state index >= 15 is 0 Å². The van der Waals surface area contributed by atoms with Crippen LogP contribution < -0.4 is 15.8 Å².